The lowest BCUT2D eigenvalue weighted by Gasteiger charge is -2.00. The highest BCUT2D eigenvalue weighted by Gasteiger charge is 2.55. The maximum Gasteiger partial charge on any atom is 0.354 e. The van der Waals surface area contributed by atoms with Gasteiger partial charge in [-0.15, -0.1) is 0 Å². The van der Waals surface area contributed by atoms with Crippen LogP contribution in [0.2, 0.25) is 0 Å². The molecule has 0 radical (unpaired) electrons. The Hall–Kier alpha value is -1.25. The van der Waals surface area contributed by atoms with Gasteiger partial charge in [-0.05, 0) is 49.1 Å². The quantitative estimate of drug-likeness (QED) is 0.812. The van der Waals surface area contributed by atoms with Crippen LogP contribution < -0.4 is 0 Å². The van der Waals surface area contributed by atoms with Crippen LogP contribution in [0.5, 0.6) is 0 Å². The number of ether oxygens (including phenoxy) is 1. The van der Waals surface area contributed by atoms with Crippen molar-refractivity contribution in [2.75, 3.05) is 6.61 Å². The molecule has 92 valence electrons. The Balaban J connectivity index is 1.76. The summed E-state index contributed by atoms with van der Waals surface area (Å²) in [5.41, 5.74) is 3.30. The maximum atomic E-state index is 11.6. The van der Waals surface area contributed by atoms with Gasteiger partial charge in [0, 0.05) is 5.69 Å². The number of carbonyl (C=O) groups is 1. The average molecular weight is 233 g/mol. The fourth-order valence-electron chi connectivity index (χ4n) is 3.45. The topological polar surface area (TPSA) is 42.1 Å². The average Bonchev–Trinajstić information content (AvgIpc) is 2.69. The van der Waals surface area contributed by atoms with E-state index in [0.717, 1.165) is 24.2 Å². The number of hydrogen-bond donors (Lipinski definition) is 1. The van der Waals surface area contributed by atoms with Gasteiger partial charge in [-0.3, -0.25) is 0 Å². The highest BCUT2D eigenvalue weighted by atomic mass is 16.5. The summed E-state index contributed by atoms with van der Waals surface area (Å²) in [5, 5.41) is 0. The van der Waals surface area contributed by atoms with Gasteiger partial charge in [0.25, 0.3) is 0 Å². The summed E-state index contributed by atoms with van der Waals surface area (Å²) in [5.74, 6) is 2.24. The number of esters is 1. The summed E-state index contributed by atoms with van der Waals surface area (Å²) in [6, 6.07) is 2.02. The van der Waals surface area contributed by atoms with Crippen LogP contribution in [0.25, 0.3) is 0 Å². The minimum atomic E-state index is -0.217. The predicted molar refractivity (Wildman–Crippen MR) is 65.1 cm³/mol. The summed E-state index contributed by atoms with van der Waals surface area (Å²) in [7, 11) is 0. The fourth-order valence-corrected chi connectivity index (χ4v) is 3.45. The van der Waals surface area contributed by atoms with E-state index in [1.165, 1.54) is 24.1 Å². The summed E-state index contributed by atoms with van der Waals surface area (Å²) < 4.78 is 5.02. The Morgan fingerprint density at radius 1 is 1.53 bits per heavy atom. The Labute approximate surface area is 102 Å². The summed E-state index contributed by atoms with van der Waals surface area (Å²) >= 11 is 0. The first-order valence-electron chi connectivity index (χ1n) is 6.65. The lowest BCUT2D eigenvalue weighted by Crippen LogP contribution is -2.05. The van der Waals surface area contributed by atoms with E-state index in [1.807, 2.05) is 13.0 Å². The molecular formula is C14H19NO2. The van der Waals surface area contributed by atoms with Gasteiger partial charge in [-0.2, -0.15) is 0 Å². The van der Waals surface area contributed by atoms with Gasteiger partial charge in [0.2, 0.25) is 0 Å². The van der Waals surface area contributed by atoms with E-state index in [-0.39, 0.29) is 5.97 Å². The van der Waals surface area contributed by atoms with E-state index >= 15 is 0 Å². The first-order valence-corrected chi connectivity index (χ1v) is 6.65. The van der Waals surface area contributed by atoms with Gasteiger partial charge in [0.15, 0.2) is 0 Å². The smallest absolute Gasteiger partial charge is 0.354 e. The molecular weight excluding hydrogens is 214 g/mol. The summed E-state index contributed by atoms with van der Waals surface area (Å²) in [6.45, 7) is 4.52. The molecule has 1 unspecified atom stereocenters. The van der Waals surface area contributed by atoms with Crippen molar-refractivity contribution in [2.45, 2.75) is 39.0 Å². The Morgan fingerprint density at radius 3 is 3.06 bits per heavy atom. The molecule has 0 bridgehead atoms. The molecule has 17 heavy (non-hydrogen) atoms. The molecule has 1 N–H and O–H groups in total. The Morgan fingerprint density at radius 2 is 2.35 bits per heavy atom. The highest BCUT2D eigenvalue weighted by molar-refractivity contribution is 5.88. The molecule has 0 saturated heterocycles. The minimum Gasteiger partial charge on any atom is -0.461 e. The second kappa shape index (κ2) is 3.90. The van der Waals surface area contributed by atoms with E-state index in [2.05, 4.69) is 11.9 Å². The van der Waals surface area contributed by atoms with Crippen LogP contribution in [0.4, 0.5) is 0 Å². The van der Waals surface area contributed by atoms with Crippen LogP contribution in [-0.4, -0.2) is 17.6 Å². The van der Waals surface area contributed by atoms with Gasteiger partial charge in [0.05, 0.1) is 6.61 Å². The Bertz CT molecular complexity index is 449. The molecule has 0 aromatic carbocycles. The van der Waals surface area contributed by atoms with Gasteiger partial charge in [-0.25, -0.2) is 4.79 Å². The normalized spacial score (nSPS) is 28.7. The zero-order valence-electron chi connectivity index (χ0n) is 10.5. The van der Waals surface area contributed by atoms with Crippen molar-refractivity contribution in [3.8, 4) is 0 Å². The first kappa shape index (κ1) is 10.9. The van der Waals surface area contributed by atoms with E-state index in [0.29, 0.717) is 12.3 Å². The number of fused-ring (bicyclic) bond motifs is 3. The van der Waals surface area contributed by atoms with E-state index in [4.69, 9.17) is 4.74 Å². The number of aromatic amines is 1. The maximum absolute atomic E-state index is 11.6. The van der Waals surface area contributed by atoms with Gasteiger partial charge in [0.1, 0.15) is 5.69 Å². The van der Waals surface area contributed by atoms with Crippen molar-refractivity contribution in [3.63, 3.8) is 0 Å². The highest BCUT2D eigenvalue weighted by Crippen LogP contribution is 2.63. The zero-order chi connectivity index (χ0) is 12.0. The lowest BCUT2D eigenvalue weighted by molar-refractivity contribution is 0.0520. The van der Waals surface area contributed by atoms with Crippen molar-refractivity contribution in [3.05, 3.63) is 23.0 Å². The number of carbonyl (C=O) groups excluding carboxylic acids is 1. The SMILES string of the molecule is CCC[C@H]1C2c3cc(C(=O)OCC)[nH]c3C[C@@H]21. The number of nitrogens with one attached hydrogen (secondary N) is 1. The molecule has 3 atom stereocenters. The zero-order valence-corrected chi connectivity index (χ0v) is 10.5. The molecule has 1 aromatic rings. The molecule has 0 aliphatic heterocycles. The minimum absolute atomic E-state index is 0.217. The van der Waals surface area contributed by atoms with Crippen LogP contribution in [0.15, 0.2) is 6.07 Å². The summed E-state index contributed by atoms with van der Waals surface area (Å²) in [4.78, 5) is 14.9. The third kappa shape index (κ3) is 1.60. The molecule has 0 amide bonds. The number of H-pyrrole nitrogens is 1. The molecule has 3 heteroatoms. The van der Waals surface area contributed by atoms with Crippen LogP contribution in [0.3, 0.4) is 0 Å². The van der Waals surface area contributed by atoms with Crippen molar-refractivity contribution in [1.29, 1.82) is 0 Å². The largest absolute Gasteiger partial charge is 0.461 e. The second-order valence-electron chi connectivity index (χ2n) is 5.18. The number of rotatable bonds is 4. The van der Waals surface area contributed by atoms with Crippen LogP contribution in [-0.2, 0) is 11.2 Å². The van der Waals surface area contributed by atoms with Gasteiger partial charge < -0.3 is 9.72 Å². The second-order valence-corrected chi connectivity index (χ2v) is 5.18. The van der Waals surface area contributed by atoms with Crippen LogP contribution in [0.1, 0.15) is 54.4 Å². The van der Waals surface area contributed by atoms with Crippen molar-refractivity contribution >= 4 is 5.97 Å². The Kier molecular flexibility index (Phi) is 2.49. The molecule has 3 nitrogen and oxygen atoms in total. The summed E-state index contributed by atoms with van der Waals surface area (Å²) in [6.07, 6.45) is 3.72. The molecule has 1 saturated carbocycles. The van der Waals surface area contributed by atoms with Crippen LogP contribution in [0, 0.1) is 11.8 Å². The van der Waals surface area contributed by atoms with E-state index in [9.17, 15) is 4.79 Å². The van der Waals surface area contributed by atoms with Crippen LogP contribution >= 0.6 is 0 Å². The van der Waals surface area contributed by atoms with Crippen molar-refractivity contribution in [2.24, 2.45) is 11.8 Å². The third-order valence-corrected chi connectivity index (χ3v) is 4.18. The third-order valence-electron chi connectivity index (χ3n) is 4.18. The number of aromatic nitrogens is 1. The predicted octanol–water partition coefficient (Wildman–Crippen LogP) is 2.88. The molecule has 2 aliphatic rings. The lowest BCUT2D eigenvalue weighted by atomic mass is 10.1. The van der Waals surface area contributed by atoms with Gasteiger partial charge in [-0.1, -0.05) is 13.3 Å². The number of hydrogen-bond acceptors (Lipinski definition) is 2. The molecule has 2 aliphatic carbocycles. The fraction of sp³-hybridized carbons (Fsp3) is 0.643. The van der Waals surface area contributed by atoms with E-state index in [1.54, 1.807) is 0 Å². The molecule has 1 heterocycles. The van der Waals surface area contributed by atoms with Gasteiger partial charge >= 0.3 is 5.97 Å². The standard InChI is InChI=1S/C14H19NO2/c1-3-5-8-9-6-11-10(13(8)9)7-12(15-11)14(16)17-4-2/h7-9,13,15H,3-6H2,1-2H3/t8-,9-,13?/m1/s1. The molecule has 0 spiro atoms. The monoisotopic (exact) mass is 233 g/mol. The molecule has 3 rings (SSSR count). The van der Waals surface area contributed by atoms with Crippen molar-refractivity contribution < 1.29 is 9.53 Å². The molecule has 1 fully saturated rings. The molecule has 1 aromatic heterocycles. The van der Waals surface area contributed by atoms with E-state index < -0.39 is 0 Å². The first-order chi connectivity index (χ1) is 8.26. The van der Waals surface area contributed by atoms with Crippen molar-refractivity contribution in [1.82, 2.24) is 4.98 Å².